The van der Waals surface area contributed by atoms with Crippen LogP contribution in [0.1, 0.15) is 33.6 Å². The largest absolute Gasteiger partial charge is 0.494 e. The van der Waals surface area contributed by atoms with E-state index in [9.17, 15) is 10.1 Å². The van der Waals surface area contributed by atoms with Crippen LogP contribution in [0.25, 0.3) is 10.1 Å². The number of nitrogens with zero attached hydrogens (tertiary/aromatic N) is 1. The van der Waals surface area contributed by atoms with Gasteiger partial charge in [0.05, 0.1) is 22.6 Å². The van der Waals surface area contributed by atoms with E-state index in [0.717, 1.165) is 10.3 Å². The quantitative estimate of drug-likeness (QED) is 0.217. The summed E-state index contributed by atoms with van der Waals surface area (Å²) < 4.78 is 18.0. The highest BCUT2D eigenvalue weighted by Crippen LogP contribution is 2.46. The highest BCUT2D eigenvalue weighted by Gasteiger charge is 2.33. The van der Waals surface area contributed by atoms with Gasteiger partial charge in [-0.3, -0.25) is 0 Å². The summed E-state index contributed by atoms with van der Waals surface area (Å²) in [6.07, 6.45) is 0. The summed E-state index contributed by atoms with van der Waals surface area (Å²) in [4.78, 5) is 13.2. The average Bonchev–Trinajstić information content (AvgIpc) is 3.21. The predicted molar refractivity (Wildman–Crippen MR) is 140 cm³/mol. The summed E-state index contributed by atoms with van der Waals surface area (Å²) in [5.41, 5.74) is 7.88. The lowest BCUT2D eigenvalue weighted by Gasteiger charge is -2.27. The first kappa shape index (κ1) is 24.0. The van der Waals surface area contributed by atoms with Gasteiger partial charge in [-0.2, -0.15) is 5.26 Å². The summed E-state index contributed by atoms with van der Waals surface area (Å²) in [7, 11) is 0. The van der Waals surface area contributed by atoms with Crippen molar-refractivity contribution < 1.29 is 19.0 Å². The van der Waals surface area contributed by atoms with Crippen molar-refractivity contribution in [2.75, 3.05) is 6.61 Å². The second-order valence-corrected chi connectivity index (χ2v) is 9.68. The number of fused-ring (bicyclic) bond motifs is 2. The van der Waals surface area contributed by atoms with E-state index in [2.05, 4.69) is 6.07 Å². The van der Waals surface area contributed by atoms with Gasteiger partial charge in [0, 0.05) is 27.3 Å². The van der Waals surface area contributed by atoms with E-state index < -0.39 is 11.9 Å². The maximum atomic E-state index is 13.0. The standard InChI is InChI=1S/C27H18Cl2N2O4S/c1-2-33-19-8-4-3-6-15(19)22-16-11-10-14(12-20(16)35-26(31)17(22)13-30)34-27(32)25-24(29)23-18(28)7-5-9-21(23)36-25/h3-12,22H,2,31H2,1H3. The molecule has 0 bridgehead atoms. The fraction of sp³-hybridized carbons (Fsp3) is 0.111. The van der Waals surface area contributed by atoms with Crippen molar-refractivity contribution in [1.29, 1.82) is 5.26 Å². The smallest absolute Gasteiger partial charge is 0.355 e. The number of esters is 1. The maximum absolute atomic E-state index is 13.0. The van der Waals surface area contributed by atoms with Crippen molar-refractivity contribution in [1.82, 2.24) is 0 Å². The third kappa shape index (κ3) is 4.14. The molecule has 6 nitrogen and oxygen atoms in total. The minimum atomic E-state index is -0.618. The zero-order valence-electron chi connectivity index (χ0n) is 18.9. The lowest BCUT2D eigenvalue weighted by Crippen LogP contribution is -2.21. The van der Waals surface area contributed by atoms with Gasteiger partial charge in [-0.15, -0.1) is 11.3 Å². The Balaban J connectivity index is 1.51. The van der Waals surface area contributed by atoms with Crippen LogP contribution in [0, 0.1) is 11.3 Å². The molecule has 180 valence electrons. The highest BCUT2D eigenvalue weighted by molar-refractivity contribution is 7.21. The molecule has 0 fully saturated rings. The van der Waals surface area contributed by atoms with E-state index in [0.29, 0.717) is 34.1 Å². The van der Waals surface area contributed by atoms with Gasteiger partial charge in [0.1, 0.15) is 33.8 Å². The number of carbonyl (C=O) groups is 1. The Morgan fingerprint density at radius 1 is 1.14 bits per heavy atom. The zero-order valence-corrected chi connectivity index (χ0v) is 21.2. The minimum Gasteiger partial charge on any atom is -0.494 e. The molecule has 0 saturated carbocycles. The zero-order chi connectivity index (χ0) is 25.4. The summed E-state index contributed by atoms with van der Waals surface area (Å²) in [5.74, 6) is 0.110. The van der Waals surface area contributed by atoms with E-state index >= 15 is 0 Å². The molecule has 0 aliphatic carbocycles. The number of thiophene rings is 1. The Bertz CT molecular complexity index is 1590. The number of halogens is 2. The van der Waals surface area contributed by atoms with Crippen LogP contribution in [0.5, 0.6) is 17.2 Å². The number of hydrogen-bond donors (Lipinski definition) is 1. The molecule has 0 spiro atoms. The third-order valence-corrected chi connectivity index (χ3v) is 7.66. The van der Waals surface area contributed by atoms with Crippen LogP contribution in [0.3, 0.4) is 0 Å². The molecule has 0 saturated heterocycles. The lowest BCUT2D eigenvalue weighted by atomic mass is 9.83. The number of rotatable bonds is 5. The number of nitriles is 1. The Hall–Kier alpha value is -3.70. The molecule has 1 unspecified atom stereocenters. The van der Waals surface area contributed by atoms with Crippen molar-refractivity contribution in [3.05, 3.63) is 98.2 Å². The van der Waals surface area contributed by atoms with Gasteiger partial charge in [-0.25, -0.2) is 4.79 Å². The molecular weight excluding hydrogens is 519 g/mol. The highest BCUT2D eigenvalue weighted by atomic mass is 35.5. The van der Waals surface area contributed by atoms with E-state index in [1.54, 1.807) is 30.3 Å². The van der Waals surface area contributed by atoms with Gasteiger partial charge in [0.2, 0.25) is 5.88 Å². The van der Waals surface area contributed by atoms with Gasteiger partial charge in [0.15, 0.2) is 0 Å². The number of para-hydroxylation sites is 1. The first-order valence-corrected chi connectivity index (χ1v) is 12.5. The molecule has 4 aromatic rings. The van der Waals surface area contributed by atoms with Gasteiger partial charge >= 0.3 is 5.97 Å². The Morgan fingerprint density at radius 3 is 2.69 bits per heavy atom. The molecule has 1 aliphatic rings. The van der Waals surface area contributed by atoms with E-state index in [1.165, 1.54) is 11.3 Å². The summed E-state index contributed by atoms with van der Waals surface area (Å²) in [5, 5.41) is 11.2. The fourth-order valence-corrected chi connectivity index (χ4v) is 6.00. The van der Waals surface area contributed by atoms with Crippen molar-refractivity contribution in [2.24, 2.45) is 5.73 Å². The molecule has 1 aliphatic heterocycles. The van der Waals surface area contributed by atoms with Crippen LogP contribution in [-0.4, -0.2) is 12.6 Å². The molecule has 3 aromatic carbocycles. The fourth-order valence-electron chi connectivity index (χ4n) is 4.18. The normalized spacial score (nSPS) is 14.7. The molecule has 5 rings (SSSR count). The Labute approximate surface area is 221 Å². The molecule has 0 amide bonds. The van der Waals surface area contributed by atoms with Crippen molar-refractivity contribution in [3.8, 4) is 23.3 Å². The van der Waals surface area contributed by atoms with Gasteiger partial charge < -0.3 is 19.9 Å². The number of hydrogen-bond acceptors (Lipinski definition) is 7. The Morgan fingerprint density at radius 2 is 1.94 bits per heavy atom. The summed E-state index contributed by atoms with van der Waals surface area (Å²) in [6.45, 7) is 2.36. The lowest BCUT2D eigenvalue weighted by molar-refractivity contribution is 0.0740. The molecular formula is C27H18Cl2N2O4S. The molecule has 1 aromatic heterocycles. The second-order valence-electron chi connectivity index (χ2n) is 7.84. The van der Waals surface area contributed by atoms with Crippen LogP contribution < -0.4 is 19.9 Å². The van der Waals surface area contributed by atoms with Crippen molar-refractivity contribution in [2.45, 2.75) is 12.8 Å². The summed E-state index contributed by atoms with van der Waals surface area (Å²) in [6, 6.07) is 19.9. The van der Waals surface area contributed by atoms with Crippen LogP contribution >= 0.6 is 34.5 Å². The van der Waals surface area contributed by atoms with Crippen molar-refractivity contribution in [3.63, 3.8) is 0 Å². The maximum Gasteiger partial charge on any atom is 0.355 e. The average molecular weight is 537 g/mol. The number of benzene rings is 3. The first-order valence-electron chi connectivity index (χ1n) is 10.9. The van der Waals surface area contributed by atoms with E-state index in [-0.39, 0.29) is 27.1 Å². The first-order chi connectivity index (χ1) is 17.4. The minimum absolute atomic E-state index is 0.0213. The van der Waals surface area contributed by atoms with E-state index in [4.69, 9.17) is 43.1 Å². The molecule has 1 atom stereocenters. The van der Waals surface area contributed by atoms with Crippen molar-refractivity contribution >= 4 is 50.6 Å². The molecule has 2 N–H and O–H groups in total. The predicted octanol–water partition coefficient (Wildman–Crippen LogP) is 7.04. The topological polar surface area (TPSA) is 94.6 Å². The van der Waals surface area contributed by atoms with Gasteiger partial charge in [-0.05, 0) is 31.2 Å². The second kappa shape index (κ2) is 9.75. The number of nitrogens with two attached hydrogens (primary N) is 1. The van der Waals surface area contributed by atoms with Crippen LogP contribution in [0.4, 0.5) is 0 Å². The number of allylic oxidation sites excluding steroid dienone is 1. The van der Waals surface area contributed by atoms with Gasteiger partial charge in [0.25, 0.3) is 0 Å². The SMILES string of the molecule is CCOc1ccccc1C1C(C#N)=C(N)Oc2cc(OC(=O)c3sc4cccc(Cl)c4c3Cl)ccc21. The van der Waals surface area contributed by atoms with Crippen LogP contribution in [-0.2, 0) is 0 Å². The number of ether oxygens (including phenoxy) is 3. The molecule has 2 heterocycles. The third-order valence-electron chi connectivity index (χ3n) is 5.72. The molecule has 36 heavy (non-hydrogen) atoms. The van der Waals surface area contributed by atoms with Crippen LogP contribution in [0.2, 0.25) is 10.0 Å². The monoisotopic (exact) mass is 536 g/mol. The van der Waals surface area contributed by atoms with Crippen LogP contribution in [0.15, 0.2) is 72.1 Å². The molecule has 9 heteroatoms. The number of carbonyl (C=O) groups excluding carboxylic acids is 1. The van der Waals surface area contributed by atoms with E-state index in [1.807, 2.05) is 37.3 Å². The van der Waals surface area contributed by atoms with Gasteiger partial charge in [-0.1, -0.05) is 53.5 Å². The summed E-state index contributed by atoms with van der Waals surface area (Å²) >= 11 is 13.9. The Kier molecular flexibility index (Phi) is 6.50. The molecule has 0 radical (unpaired) electrons.